The van der Waals surface area contributed by atoms with E-state index in [2.05, 4.69) is 54.4 Å². The zero-order chi connectivity index (χ0) is 12.1. The van der Waals surface area contributed by atoms with Gasteiger partial charge < -0.3 is 5.32 Å². The first-order valence-corrected chi connectivity index (χ1v) is 6.73. The molecule has 1 aromatic rings. The lowest BCUT2D eigenvalue weighted by Gasteiger charge is -2.17. The van der Waals surface area contributed by atoms with Gasteiger partial charge in [-0.15, -0.1) is 0 Å². The smallest absolute Gasteiger partial charge is 0.0233 e. The van der Waals surface area contributed by atoms with Crippen molar-refractivity contribution < 1.29 is 0 Å². The second-order valence-electron chi connectivity index (χ2n) is 5.44. The van der Waals surface area contributed by atoms with Gasteiger partial charge in [0.15, 0.2) is 0 Å². The van der Waals surface area contributed by atoms with Crippen molar-refractivity contribution >= 4 is 0 Å². The van der Waals surface area contributed by atoms with E-state index < -0.39 is 0 Å². The molecule has 0 aromatic heterocycles. The molecule has 1 aliphatic rings. The van der Waals surface area contributed by atoms with Crippen LogP contribution >= 0.6 is 0 Å². The van der Waals surface area contributed by atoms with Crippen LogP contribution in [0.15, 0.2) is 30.3 Å². The van der Waals surface area contributed by atoms with Crippen LogP contribution in [0.4, 0.5) is 0 Å². The van der Waals surface area contributed by atoms with Crippen molar-refractivity contribution in [2.24, 2.45) is 5.92 Å². The highest BCUT2D eigenvalue weighted by atomic mass is 15.1. The Balaban J connectivity index is 1.74. The molecule has 1 atom stereocenters. The van der Waals surface area contributed by atoms with E-state index in [1.165, 1.54) is 31.6 Å². The minimum Gasteiger partial charge on any atom is -0.314 e. The molecule has 0 aliphatic carbocycles. The van der Waals surface area contributed by atoms with E-state index in [0.717, 1.165) is 12.5 Å². The van der Waals surface area contributed by atoms with Crippen molar-refractivity contribution in [3.63, 3.8) is 0 Å². The number of nitrogens with zero attached hydrogens (tertiary/aromatic N) is 1. The second-order valence-corrected chi connectivity index (χ2v) is 5.44. The summed E-state index contributed by atoms with van der Waals surface area (Å²) in [5.74, 6) is 0.834. The van der Waals surface area contributed by atoms with Crippen molar-refractivity contribution in [3.8, 4) is 0 Å². The van der Waals surface area contributed by atoms with Gasteiger partial charge in [0, 0.05) is 19.1 Å². The van der Waals surface area contributed by atoms with Crippen LogP contribution in [-0.4, -0.2) is 30.6 Å². The molecule has 1 unspecified atom stereocenters. The van der Waals surface area contributed by atoms with Crippen LogP contribution in [0.2, 0.25) is 0 Å². The molecule has 94 valence electrons. The average Bonchev–Trinajstić information content (AvgIpc) is 2.75. The number of hydrogen-bond acceptors (Lipinski definition) is 2. The van der Waals surface area contributed by atoms with Crippen LogP contribution in [0.3, 0.4) is 0 Å². The Morgan fingerprint density at radius 1 is 1.29 bits per heavy atom. The monoisotopic (exact) mass is 232 g/mol. The molecular formula is C15H24N2. The highest BCUT2D eigenvalue weighted by molar-refractivity contribution is 5.14. The van der Waals surface area contributed by atoms with Gasteiger partial charge in [-0.1, -0.05) is 44.2 Å². The number of rotatable bonds is 5. The van der Waals surface area contributed by atoms with Gasteiger partial charge in [0.2, 0.25) is 0 Å². The fraction of sp³-hybridized carbons (Fsp3) is 0.600. The summed E-state index contributed by atoms with van der Waals surface area (Å²) in [7, 11) is 0. The minimum absolute atomic E-state index is 0.609. The van der Waals surface area contributed by atoms with Crippen LogP contribution in [0.25, 0.3) is 0 Å². The van der Waals surface area contributed by atoms with Crippen LogP contribution in [0.1, 0.15) is 25.8 Å². The van der Waals surface area contributed by atoms with Crippen LogP contribution in [0.5, 0.6) is 0 Å². The first kappa shape index (κ1) is 12.6. The van der Waals surface area contributed by atoms with E-state index in [1.807, 2.05) is 0 Å². The van der Waals surface area contributed by atoms with E-state index in [0.29, 0.717) is 6.04 Å². The standard InChI is InChI=1S/C15H24N2/c1-13(2)16-10-15-8-9-17(12-15)11-14-6-4-3-5-7-14/h3-7,13,15-16H,8-12H2,1-2H3. The lowest BCUT2D eigenvalue weighted by molar-refractivity contribution is 0.313. The van der Waals surface area contributed by atoms with Crippen LogP contribution < -0.4 is 5.32 Å². The Hall–Kier alpha value is -0.860. The third-order valence-corrected chi connectivity index (χ3v) is 3.43. The number of nitrogens with one attached hydrogen (secondary N) is 1. The third-order valence-electron chi connectivity index (χ3n) is 3.43. The molecule has 0 spiro atoms. The predicted octanol–water partition coefficient (Wildman–Crippen LogP) is 2.51. The van der Waals surface area contributed by atoms with Gasteiger partial charge in [-0.05, 0) is 31.0 Å². The Morgan fingerprint density at radius 3 is 2.76 bits per heavy atom. The summed E-state index contributed by atoms with van der Waals surface area (Å²) in [4.78, 5) is 2.57. The topological polar surface area (TPSA) is 15.3 Å². The number of benzene rings is 1. The molecule has 1 fully saturated rings. The molecule has 1 heterocycles. The van der Waals surface area contributed by atoms with E-state index in [9.17, 15) is 0 Å². The van der Waals surface area contributed by atoms with Crippen LogP contribution in [0, 0.1) is 5.92 Å². The zero-order valence-electron chi connectivity index (χ0n) is 11.0. The molecule has 0 radical (unpaired) electrons. The molecule has 17 heavy (non-hydrogen) atoms. The summed E-state index contributed by atoms with van der Waals surface area (Å²) in [6, 6.07) is 11.4. The normalized spacial score (nSPS) is 21.2. The highest BCUT2D eigenvalue weighted by Gasteiger charge is 2.21. The first-order chi connectivity index (χ1) is 8.24. The predicted molar refractivity (Wildman–Crippen MR) is 73.0 cm³/mol. The van der Waals surface area contributed by atoms with Crippen molar-refractivity contribution in [1.29, 1.82) is 0 Å². The van der Waals surface area contributed by atoms with E-state index in [1.54, 1.807) is 0 Å². The molecule has 2 rings (SSSR count). The van der Waals surface area contributed by atoms with E-state index in [-0.39, 0.29) is 0 Å². The summed E-state index contributed by atoms with van der Waals surface area (Å²) in [5.41, 5.74) is 1.44. The first-order valence-electron chi connectivity index (χ1n) is 6.73. The Kier molecular flexibility index (Phi) is 4.57. The van der Waals surface area contributed by atoms with Gasteiger partial charge in [0.25, 0.3) is 0 Å². The summed E-state index contributed by atoms with van der Waals surface area (Å²) in [6.45, 7) is 9.21. The van der Waals surface area contributed by atoms with Gasteiger partial charge in [-0.2, -0.15) is 0 Å². The lowest BCUT2D eigenvalue weighted by Crippen LogP contribution is -2.30. The summed E-state index contributed by atoms with van der Waals surface area (Å²) < 4.78 is 0. The largest absolute Gasteiger partial charge is 0.314 e. The molecule has 1 aliphatic heterocycles. The molecule has 2 nitrogen and oxygen atoms in total. The van der Waals surface area contributed by atoms with Gasteiger partial charge >= 0.3 is 0 Å². The van der Waals surface area contributed by atoms with Gasteiger partial charge in [-0.3, -0.25) is 4.90 Å². The molecule has 0 bridgehead atoms. The molecule has 2 heteroatoms. The Labute approximate surface area is 105 Å². The second kappa shape index (κ2) is 6.18. The molecule has 0 saturated carbocycles. The maximum Gasteiger partial charge on any atom is 0.0233 e. The fourth-order valence-electron chi connectivity index (χ4n) is 2.47. The molecule has 0 amide bonds. The maximum absolute atomic E-state index is 3.55. The third kappa shape index (κ3) is 4.14. The lowest BCUT2D eigenvalue weighted by atomic mass is 10.1. The molecule has 1 aromatic carbocycles. The Morgan fingerprint density at radius 2 is 2.06 bits per heavy atom. The fourth-order valence-corrected chi connectivity index (χ4v) is 2.47. The van der Waals surface area contributed by atoms with Crippen molar-refractivity contribution in [3.05, 3.63) is 35.9 Å². The quantitative estimate of drug-likeness (QED) is 0.839. The number of likely N-dealkylation sites (tertiary alicyclic amines) is 1. The molecular weight excluding hydrogens is 208 g/mol. The van der Waals surface area contributed by atoms with E-state index in [4.69, 9.17) is 0 Å². The summed E-state index contributed by atoms with van der Waals surface area (Å²) in [6.07, 6.45) is 1.34. The van der Waals surface area contributed by atoms with Crippen molar-refractivity contribution in [2.45, 2.75) is 32.9 Å². The van der Waals surface area contributed by atoms with Gasteiger partial charge in [0.05, 0.1) is 0 Å². The van der Waals surface area contributed by atoms with Crippen molar-refractivity contribution in [2.75, 3.05) is 19.6 Å². The summed E-state index contributed by atoms with van der Waals surface area (Å²) in [5, 5.41) is 3.55. The SMILES string of the molecule is CC(C)NCC1CCN(Cc2ccccc2)C1. The number of hydrogen-bond donors (Lipinski definition) is 1. The zero-order valence-corrected chi connectivity index (χ0v) is 11.0. The van der Waals surface area contributed by atoms with Gasteiger partial charge in [0.1, 0.15) is 0 Å². The van der Waals surface area contributed by atoms with Gasteiger partial charge in [-0.25, -0.2) is 0 Å². The highest BCUT2D eigenvalue weighted by Crippen LogP contribution is 2.18. The Bertz CT molecular complexity index is 321. The average molecular weight is 232 g/mol. The maximum atomic E-state index is 3.55. The van der Waals surface area contributed by atoms with E-state index >= 15 is 0 Å². The van der Waals surface area contributed by atoms with Crippen molar-refractivity contribution in [1.82, 2.24) is 10.2 Å². The molecule has 1 saturated heterocycles. The minimum atomic E-state index is 0.609. The molecule has 1 N–H and O–H groups in total. The van der Waals surface area contributed by atoms with Crippen LogP contribution in [-0.2, 0) is 6.54 Å². The summed E-state index contributed by atoms with van der Waals surface area (Å²) >= 11 is 0.